The summed E-state index contributed by atoms with van der Waals surface area (Å²) in [4.78, 5) is 16.6. The van der Waals surface area contributed by atoms with Crippen LogP contribution >= 0.6 is 11.8 Å². The smallest absolute Gasteiger partial charge is 0.187 e. The van der Waals surface area contributed by atoms with Crippen molar-refractivity contribution in [3.05, 3.63) is 18.0 Å². The lowest BCUT2D eigenvalue weighted by molar-refractivity contribution is 0.0174. The first-order chi connectivity index (χ1) is 10.7. The average Bonchev–Trinajstić information content (AvgIpc) is 2.54. The van der Waals surface area contributed by atoms with Gasteiger partial charge in [0.15, 0.2) is 5.16 Å². The molecule has 3 rings (SSSR count). The number of piperazine rings is 2. The third kappa shape index (κ3) is 4.19. The highest BCUT2D eigenvalue weighted by Gasteiger charge is 2.30. The monoisotopic (exact) mass is 321 g/mol. The number of rotatable bonds is 5. The van der Waals surface area contributed by atoms with Gasteiger partial charge in [-0.15, -0.1) is 0 Å². The molecule has 2 aliphatic rings. The molecule has 0 radical (unpaired) electrons. The summed E-state index contributed by atoms with van der Waals surface area (Å²) in [7, 11) is 2.23. The molecule has 1 aromatic heterocycles. The fourth-order valence-corrected chi connectivity index (χ4v) is 3.91. The van der Waals surface area contributed by atoms with Crippen molar-refractivity contribution in [3.63, 3.8) is 0 Å². The van der Waals surface area contributed by atoms with Gasteiger partial charge in [0, 0.05) is 75.6 Å². The summed E-state index contributed by atoms with van der Waals surface area (Å²) in [6.07, 6.45) is 5.17. The molecule has 0 aromatic carbocycles. The highest BCUT2D eigenvalue weighted by molar-refractivity contribution is 7.99. The van der Waals surface area contributed by atoms with Crippen LogP contribution in [0.15, 0.2) is 17.6 Å². The van der Waals surface area contributed by atoms with E-state index in [4.69, 9.17) is 0 Å². The van der Waals surface area contributed by atoms with Crippen LogP contribution in [0, 0.1) is 0 Å². The van der Waals surface area contributed by atoms with Crippen molar-refractivity contribution in [2.24, 2.45) is 0 Å². The normalized spacial score (nSPS) is 24.4. The summed E-state index contributed by atoms with van der Waals surface area (Å²) in [6, 6.07) is 0.688. The van der Waals surface area contributed by atoms with Gasteiger partial charge in [-0.2, -0.15) is 0 Å². The van der Waals surface area contributed by atoms with Gasteiger partial charge in [0.25, 0.3) is 0 Å². The predicted octanol–water partition coefficient (Wildman–Crippen LogP) is 1.41. The molecule has 22 heavy (non-hydrogen) atoms. The van der Waals surface area contributed by atoms with Gasteiger partial charge < -0.3 is 4.90 Å². The molecule has 0 amide bonds. The Morgan fingerprint density at radius 2 is 1.91 bits per heavy atom. The fourth-order valence-electron chi connectivity index (χ4n) is 3.27. The van der Waals surface area contributed by atoms with Gasteiger partial charge in [0.2, 0.25) is 0 Å². The zero-order valence-electron chi connectivity index (χ0n) is 13.7. The lowest BCUT2D eigenvalue weighted by atomic mass is 10.1. The van der Waals surface area contributed by atoms with Crippen LogP contribution in [0.5, 0.6) is 0 Å². The van der Waals surface area contributed by atoms with Crippen molar-refractivity contribution in [2.75, 3.05) is 52.1 Å². The maximum absolute atomic E-state index is 4.48. The van der Waals surface area contributed by atoms with Crippen LogP contribution in [-0.2, 0) is 6.54 Å². The molecule has 5 nitrogen and oxygen atoms in total. The topological polar surface area (TPSA) is 35.5 Å². The van der Waals surface area contributed by atoms with Crippen LogP contribution < -0.4 is 0 Å². The number of likely N-dealkylation sites (N-methyl/N-ethyl adjacent to an activating group) is 1. The van der Waals surface area contributed by atoms with Crippen LogP contribution in [0.4, 0.5) is 0 Å². The van der Waals surface area contributed by atoms with E-state index in [1.807, 2.05) is 12.4 Å². The Morgan fingerprint density at radius 3 is 2.68 bits per heavy atom. The molecule has 0 N–H and O–H groups in total. The lowest BCUT2D eigenvalue weighted by Gasteiger charge is -2.46. The van der Waals surface area contributed by atoms with Crippen LogP contribution in [0.2, 0.25) is 0 Å². The molecule has 6 heteroatoms. The van der Waals surface area contributed by atoms with E-state index >= 15 is 0 Å². The fraction of sp³-hybridized carbons (Fsp3) is 0.750. The van der Waals surface area contributed by atoms with E-state index in [0.717, 1.165) is 37.0 Å². The second-order valence-electron chi connectivity index (χ2n) is 6.41. The minimum Gasteiger partial charge on any atom is -0.303 e. The van der Waals surface area contributed by atoms with E-state index < -0.39 is 0 Å². The Hall–Kier alpha value is -0.690. The number of aromatic nitrogens is 2. The summed E-state index contributed by atoms with van der Waals surface area (Å²) >= 11 is 1.74. The second-order valence-corrected chi connectivity index (χ2v) is 7.47. The standard InChI is InChI=1S/C16H27N5S/c1-3-8-22-16-17-9-14(10-18-16)11-20-5-7-21-6-4-19(2)12-15(21)13-20/h9-10,15H,3-8,11-13H2,1-2H3/t15-/m1/s1. The maximum Gasteiger partial charge on any atom is 0.187 e. The van der Waals surface area contributed by atoms with Gasteiger partial charge in [-0.3, -0.25) is 9.80 Å². The molecule has 2 aliphatic heterocycles. The minimum atomic E-state index is 0.688. The van der Waals surface area contributed by atoms with Crippen molar-refractivity contribution in [3.8, 4) is 0 Å². The number of hydrogen-bond donors (Lipinski definition) is 0. The highest BCUT2D eigenvalue weighted by Crippen LogP contribution is 2.17. The molecule has 0 saturated carbocycles. The first-order valence-electron chi connectivity index (χ1n) is 8.33. The molecule has 1 atom stereocenters. The van der Waals surface area contributed by atoms with Gasteiger partial charge >= 0.3 is 0 Å². The average molecular weight is 321 g/mol. The maximum atomic E-state index is 4.48. The van der Waals surface area contributed by atoms with Gasteiger partial charge in [0.05, 0.1) is 0 Å². The molecular weight excluding hydrogens is 294 g/mol. The number of thioether (sulfide) groups is 1. The van der Waals surface area contributed by atoms with Crippen LogP contribution in [-0.4, -0.2) is 82.8 Å². The molecule has 0 unspecified atom stereocenters. The first kappa shape index (κ1) is 16.2. The molecule has 2 saturated heterocycles. The summed E-state index contributed by atoms with van der Waals surface area (Å²) in [6.45, 7) is 10.3. The largest absolute Gasteiger partial charge is 0.303 e. The third-order valence-electron chi connectivity index (χ3n) is 4.50. The summed E-state index contributed by atoms with van der Waals surface area (Å²) in [5.41, 5.74) is 1.23. The van der Waals surface area contributed by atoms with E-state index in [0.29, 0.717) is 6.04 Å². The first-order valence-corrected chi connectivity index (χ1v) is 9.32. The van der Waals surface area contributed by atoms with E-state index in [2.05, 4.69) is 38.6 Å². The third-order valence-corrected chi connectivity index (χ3v) is 5.58. The Morgan fingerprint density at radius 1 is 1.14 bits per heavy atom. The van der Waals surface area contributed by atoms with E-state index in [-0.39, 0.29) is 0 Å². The summed E-state index contributed by atoms with van der Waals surface area (Å²) < 4.78 is 0. The van der Waals surface area contributed by atoms with Crippen molar-refractivity contribution in [1.82, 2.24) is 24.7 Å². The van der Waals surface area contributed by atoms with E-state index in [1.165, 1.54) is 31.7 Å². The predicted molar refractivity (Wildman–Crippen MR) is 91.2 cm³/mol. The van der Waals surface area contributed by atoms with E-state index in [1.54, 1.807) is 11.8 Å². The van der Waals surface area contributed by atoms with Crippen LogP contribution in [0.25, 0.3) is 0 Å². The molecule has 0 bridgehead atoms. The number of nitrogens with zero attached hydrogens (tertiary/aromatic N) is 5. The lowest BCUT2D eigenvalue weighted by Crippen LogP contribution is -2.61. The van der Waals surface area contributed by atoms with E-state index in [9.17, 15) is 0 Å². The second kappa shape index (κ2) is 7.73. The molecule has 2 fully saturated rings. The van der Waals surface area contributed by atoms with Crippen molar-refractivity contribution < 1.29 is 0 Å². The highest BCUT2D eigenvalue weighted by atomic mass is 32.2. The van der Waals surface area contributed by atoms with Gasteiger partial charge in [-0.1, -0.05) is 18.7 Å². The molecular formula is C16H27N5S. The Labute approximate surface area is 138 Å². The van der Waals surface area contributed by atoms with Crippen molar-refractivity contribution in [2.45, 2.75) is 31.1 Å². The Bertz CT molecular complexity index is 466. The Balaban J connectivity index is 1.52. The summed E-state index contributed by atoms with van der Waals surface area (Å²) in [5, 5.41) is 0.907. The molecule has 0 spiro atoms. The SMILES string of the molecule is CCCSc1ncc(CN2CCN3CCN(C)C[C@@H]3C2)cn1. The summed E-state index contributed by atoms with van der Waals surface area (Å²) in [5.74, 6) is 1.09. The van der Waals surface area contributed by atoms with Gasteiger partial charge in [-0.05, 0) is 13.5 Å². The number of hydrogen-bond acceptors (Lipinski definition) is 6. The Kier molecular flexibility index (Phi) is 5.68. The molecule has 3 heterocycles. The quantitative estimate of drug-likeness (QED) is 0.603. The van der Waals surface area contributed by atoms with Crippen molar-refractivity contribution in [1.29, 1.82) is 0 Å². The van der Waals surface area contributed by atoms with Crippen LogP contribution in [0.1, 0.15) is 18.9 Å². The minimum absolute atomic E-state index is 0.688. The molecule has 0 aliphatic carbocycles. The number of fused-ring (bicyclic) bond motifs is 1. The van der Waals surface area contributed by atoms with Gasteiger partial charge in [-0.25, -0.2) is 9.97 Å². The molecule has 122 valence electrons. The van der Waals surface area contributed by atoms with Crippen molar-refractivity contribution >= 4 is 11.8 Å². The molecule has 1 aromatic rings. The zero-order valence-corrected chi connectivity index (χ0v) is 14.6. The zero-order chi connectivity index (χ0) is 15.4. The van der Waals surface area contributed by atoms with Crippen LogP contribution in [0.3, 0.4) is 0 Å². The van der Waals surface area contributed by atoms with Gasteiger partial charge in [0.1, 0.15) is 0 Å².